The number of nitro benzene ring substituents is 1. The Morgan fingerprint density at radius 2 is 1.88 bits per heavy atom. The quantitative estimate of drug-likeness (QED) is 0.494. The van der Waals surface area contributed by atoms with E-state index < -0.39 is 4.92 Å². The lowest BCUT2D eigenvalue weighted by Crippen LogP contribution is -2.20. The first-order chi connectivity index (χ1) is 11.4. The molecule has 122 valence electrons. The Kier molecular flexibility index (Phi) is 3.81. The SMILES string of the molecule is CN(C)c1ccc(/C=C2/C(=O)N(C)c3ccccc32)cc1[N+](=O)[O-]. The lowest BCUT2D eigenvalue weighted by molar-refractivity contribution is -0.384. The number of fused-ring (bicyclic) bond motifs is 1. The van der Waals surface area contributed by atoms with Crippen molar-refractivity contribution in [2.75, 3.05) is 30.9 Å². The van der Waals surface area contributed by atoms with Crippen molar-refractivity contribution in [3.63, 3.8) is 0 Å². The van der Waals surface area contributed by atoms with Crippen molar-refractivity contribution in [3.05, 3.63) is 63.7 Å². The van der Waals surface area contributed by atoms with Crippen LogP contribution >= 0.6 is 0 Å². The van der Waals surface area contributed by atoms with Gasteiger partial charge in [-0.1, -0.05) is 24.3 Å². The van der Waals surface area contributed by atoms with Gasteiger partial charge in [-0.05, 0) is 23.8 Å². The molecule has 6 heteroatoms. The van der Waals surface area contributed by atoms with Crippen LogP contribution in [-0.2, 0) is 4.79 Å². The fourth-order valence-corrected chi connectivity index (χ4v) is 2.86. The number of hydrogen-bond acceptors (Lipinski definition) is 4. The van der Waals surface area contributed by atoms with Crippen molar-refractivity contribution in [1.29, 1.82) is 0 Å². The maximum absolute atomic E-state index is 12.5. The van der Waals surface area contributed by atoms with Gasteiger partial charge in [0.05, 0.1) is 10.6 Å². The molecular weight excluding hydrogens is 306 g/mol. The Hall–Kier alpha value is -3.15. The summed E-state index contributed by atoms with van der Waals surface area (Å²) in [5.74, 6) is -0.115. The van der Waals surface area contributed by atoms with Crippen LogP contribution in [0.4, 0.5) is 17.1 Å². The fourth-order valence-electron chi connectivity index (χ4n) is 2.86. The van der Waals surface area contributed by atoms with Gasteiger partial charge in [0, 0.05) is 38.3 Å². The summed E-state index contributed by atoms with van der Waals surface area (Å²) in [6, 6.07) is 12.5. The average Bonchev–Trinajstić information content (AvgIpc) is 2.80. The summed E-state index contributed by atoms with van der Waals surface area (Å²) >= 11 is 0. The summed E-state index contributed by atoms with van der Waals surface area (Å²) in [6.07, 6.45) is 1.71. The van der Waals surface area contributed by atoms with E-state index in [1.807, 2.05) is 24.3 Å². The monoisotopic (exact) mass is 323 g/mol. The number of para-hydroxylation sites is 1. The van der Waals surface area contributed by atoms with Crippen molar-refractivity contribution in [2.45, 2.75) is 0 Å². The third-order valence-electron chi connectivity index (χ3n) is 4.08. The second kappa shape index (κ2) is 5.81. The first-order valence-corrected chi connectivity index (χ1v) is 7.45. The average molecular weight is 323 g/mol. The molecule has 0 radical (unpaired) electrons. The summed E-state index contributed by atoms with van der Waals surface area (Å²) in [6.45, 7) is 0. The van der Waals surface area contributed by atoms with Crippen LogP contribution in [0.25, 0.3) is 11.6 Å². The Labute approximate surface area is 139 Å². The maximum Gasteiger partial charge on any atom is 0.293 e. The number of nitrogens with zero attached hydrogens (tertiary/aromatic N) is 3. The zero-order chi connectivity index (χ0) is 17.4. The topological polar surface area (TPSA) is 66.7 Å². The van der Waals surface area contributed by atoms with Gasteiger partial charge in [-0.2, -0.15) is 0 Å². The van der Waals surface area contributed by atoms with Gasteiger partial charge in [-0.15, -0.1) is 0 Å². The Morgan fingerprint density at radius 1 is 1.17 bits per heavy atom. The van der Waals surface area contributed by atoms with Crippen molar-refractivity contribution in [3.8, 4) is 0 Å². The second-order valence-electron chi connectivity index (χ2n) is 5.84. The highest BCUT2D eigenvalue weighted by Gasteiger charge is 2.29. The van der Waals surface area contributed by atoms with E-state index in [2.05, 4.69) is 0 Å². The molecule has 0 fully saturated rings. The van der Waals surface area contributed by atoms with E-state index in [1.165, 1.54) is 6.07 Å². The zero-order valence-corrected chi connectivity index (χ0v) is 13.7. The van der Waals surface area contributed by atoms with E-state index in [0.29, 0.717) is 16.8 Å². The van der Waals surface area contributed by atoms with E-state index in [9.17, 15) is 14.9 Å². The van der Waals surface area contributed by atoms with Gasteiger partial charge in [-0.25, -0.2) is 0 Å². The van der Waals surface area contributed by atoms with Gasteiger partial charge in [0.15, 0.2) is 0 Å². The van der Waals surface area contributed by atoms with Gasteiger partial charge >= 0.3 is 0 Å². The molecule has 3 rings (SSSR count). The fraction of sp³-hybridized carbons (Fsp3) is 0.167. The highest BCUT2D eigenvalue weighted by atomic mass is 16.6. The molecule has 0 saturated heterocycles. The van der Waals surface area contributed by atoms with Crippen molar-refractivity contribution >= 4 is 34.6 Å². The molecule has 0 aliphatic carbocycles. The number of rotatable bonds is 3. The first kappa shape index (κ1) is 15.7. The predicted molar refractivity (Wildman–Crippen MR) is 95.1 cm³/mol. The summed E-state index contributed by atoms with van der Waals surface area (Å²) in [5.41, 5.74) is 3.39. The molecule has 0 bridgehead atoms. The van der Waals surface area contributed by atoms with Crippen LogP contribution in [0.3, 0.4) is 0 Å². The van der Waals surface area contributed by atoms with Gasteiger partial charge in [-0.3, -0.25) is 14.9 Å². The number of hydrogen-bond donors (Lipinski definition) is 0. The van der Waals surface area contributed by atoms with Gasteiger partial charge in [0.25, 0.3) is 11.6 Å². The van der Waals surface area contributed by atoms with E-state index in [1.54, 1.807) is 49.2 Å². The number of anilines is 2. The van der Waals surface area contributed by atoms with E-state index in [-0.39, 0.29) is 11.6 Å². The van der Waals surface area contributed by atoms with Gasteiger partial charge < -0.3 is 9.80 Å². The number of carbonyl (C=O) groups is 1. The van der Waals surface area contributed by atoms with E-state index in [4.69, 9.17) is 0 Å². The van der Waals surface area contributed by atoms with Crippen molar-refractivity contribution in [2.24, 2.45) is 0 Å². The lowest BCUT2D eigenvalue weighted by atomic mass is 10.0. The van der Waals surface area contributed by atoms with Crippen molar-refractivity contribution < 1.29 is 9.72 Å². The number of likely N-dealkylation sites (N-methyl/N-ethyl adjacent to an activating group) is 1. The molecule has 1 amide bonds. The number of amides is 1. The number of benzene rings is 2. The van der Waals surface area contributed by atoms with E-state index >= 15 is 0 Å². The molecule has 0 unspecified atom stereocenters. The predicted octanol–water partition coefficient (Wildman–Crippen LogP) is 3.18. The molecule has 24 heavy (non-hydrogen) atoms. The highest BCUT2D eigenvalue weighted by Crippen LogP contribution is 2.37. The van der Waals surface area contributed by atoms with Crippen LogP contribution in [0, 0.1) is 10.1 Å². The largest absolute Gasteiger partial charge is 0.372 e. The Morgan fingerprint density at radius 3 is 2.54 bits per heavy atom. The lowest BCUT2D eigenvalue weighted by Gasteiger charge is -2.12. The summed E-state index contributed by atoms with van der Waals surface area (Å²) in [7, 11) is 5.23. The van der Waals surface area contributed by atoms with Crippen LogP contribution in [0.1, 0.15) is 11.1 Å². The Balaban J connectivity index is 2.11. The minimum absolute atomic E-state index is 0.0152. The van der Waals surface area contributed by atoms with Crippen molar-refractivity contribution in [1.82, 2.24) is 0 Å². The molecule has 1 aliphatic rings. The second-order valence-corrected chi connectivity index (χ2v) is 5.84. The van der Waals surface area contributed by atoms with Crippen LogP contribution in [-0.4, -0.2) is 32.0 Å². The number of carbonyl (C=O) groups excluding carboxylic acids is 1. The molecule has 2 aromatic carbocycles. The molecule has 0 aromatic heterocycles. The zero-order valence-electron chi connectivity index (χ0n) is 13.7. The van der Waals surface area contributed by atoms with Crippen LogP contribution in [0.5, 0.6) is 0 Å². The molecule has 2 aromatic rings. The molecule has 0 saturated carbocycles. The first-order valence-electron chi connectivity index (χ1n) is 7.45. The van der Waals surface area contributed by atoms with Gasteiger partial charge in [0.2, 0.25) is 0 Å². The smallest absolute Gasteiger partial charge is 0.293 e. The maximum atomic E-state index is 12.5. The molecule has 1 heterocycles. The summed E-state index contributed by atoms with van der Waals surface area (Å²) < 4.78 is 0. The minimum Gasteiger partial charge on any atom is -0.372 e. The van der Waals surface area contributed by atoms with Gasteiger partial charge in [0.1, 0.15) is 5.69 Å². The van der Waals surface area contributed by atoms with Crippen LogP contribution in [0.15, 0.2) is 42.5 Å². The molecule has 0 atom stereocenters. The minimum atomic E-state index is -0.409. The molecule has 1 aliphatic heterocycles. The summed E-state index contributed by atoms with van der Waals surface area (Å²) in [4.78, 5) is 26.7. The molecule has 6 nitrogen and oxygen atoms in total. The molecular formula is C18H17N3O3. The van der Waals surface area contributed by atoms with Crippen LogP contribution in [0.2, 0.25) is 0 Å². The highest BCUT2D eigenvalue weighted by molar-refractivity contribution is 6.35. The molecule has 0 spiro atoms. The third kappa shape index (κ3) is 2.52. The standard InChI is InChI=1S/C18H17N3O3/c1-19(2)16-9-8-12(11-17(16)21(23)24)10-14-13-6-4-5-7-15(13)20(3)18(14)22/h4-11H,1-3H3/b14-10+. The normalized spacial score (nSPS) is 14.9. The van der Waals surface area contributed by atoms with E-state index in [0.717, 1.165) is 11.3 Å². The third-order valence-corrected chi connectivity index (χ3v) is 4.08. The summed E-state index contributed by atoms with van der Waals surface area (Å²) in [5, 5.41) is 11.3. The number of nitro groups is 1. The Bertz CT molecular complexity index is 872. The molecule has 0 N–H and O–H groups in total. The van der Waals surface area contributed by atoms with Crippen LogP contribution < -0.4 is 9.80 Å².